The maximum Gasteiger partial charge on any atom is 0.344 e. The van der Waals surface area contributed by atoms with E-state index in [4.69, 9.17) is 21.1 Å². The summed E-state index contributed by atoms with van der Waals surface area (Å²) in [4.78, 5) is 34.1. The van der Waals surface area contributed by atoms with Gasteiger partial charge < -0.3 is 14.8 Å². The molecule has 0 spiro atoms. The molecule has 28 heavy (non-hydrogen) atoms. The van der Waals surface area contributed by atoms with Crippen LogP contribution in [-0.4, -0.2) is 30.0 Å². The Hall–Kier alpha value is -3.13. The predicted octanol–water partition coefficient (Wildman–Crippen LogP) is 3.93. The maximum atomic E-state index is 11.9. The smallest absolute Gasteiger partial charge is 0.344 e. The minimum atomic E-state index is -0.737. The van der Waals surface area contributed by atoms with Crippen molar-refractivity contribution in [1.29, 1.82) is 0 Å². The lowest BCUT2D eigenvalue weighted by Crippen LogP contribution is -2.24. The Morgan fingerprint density at radius 2 is 1.89 bits per heavy atom. The number of amides is 1. The van der Waals surface area contributed by atoms with E-state index in [1.54, 1.807) is 12.1 Å². The van der Waals surface area contributed by atoms with E-state index >= 15 is 0 Å². The first kappa shape index (κ1) is 21.2. The van der Waals surface area contributed by atoms with Gasteiger partial charge in [0.25, 0.3) is 11.6 Å². The molecule has 2 aromatic rings. The van der Waals surface area contributed by atoms with Crippen LogP contribution in [0.4, 0.5) is 11.4 Å². The van der Waals surface area contributed by atoms with Crippen molar-refractivity contribution in [2.75, 3.05) is 18.5 Å². The molecule has 1 amide bonds. The average molecular weight is 407 g/mol. The van der Waals surface area contributed by atoms with Crippen molar-refractivity contribution in [3.8, 4) is 5.75 Å². The summed E-state index contributed by atoms with van der Waals surface area (Å²) in [6, 6.07) is 11.1. The molecule has 1 N–H and O–H groups in total. The third-order valence-electron chi connectivity index (χ3n) is 3.68. The lowest BCUT2D eigenvalue weighted by Gasteiger charge is -2.13. The summed E-state index contributed by atoms with van der Waals surface area (Å²) in [5, 5.41) is 13.5. The van der Waals surface area contributed by atoms with Crippen LogP contribution < -0.4 is 10.1 Å². The van der Waals surface area contributed by atoms with Gasteiger partial charge in [0.1, 0.15) is 11.4 Å². The molecule has 2 rings (SSSR count). The SMILES string of the molecule is CC(C)c1ccccc1OCC(=O)OCC(=O)Nc1ccc(Cl)cc1[N+](=O)[O-]. The predicted molar refractivity (Wildman–Crippen MR) is 104 cm³/mol. The molecule has 0 bridgehead atoms. The van der Waals surface area contributed by atoms with Gasteiger partial charge in [0.15, 0.2) is 13.2 Å². The number of esters is 1. The fourth-order valence-electron chi connectivity index (χ4n) is 2.36. The van der Waals surface area contributed by atoms with Crippen molar-refractivity contribution in [2.45, 2.75) is 19.8 Å². The molecule has 0 radical (unpaired) electrons. The van der Waals surface area contributed by atoms with E-state index in [-0.39, 0.29) is 28.9 Å². The Morgan fingerprint density at radius 3 is 2.57 bits per heavy atom. The van der Waals surface area contributed by atoms with E-state index in [1.807, 2.05) is 26.0 Å². The number of nitrogens with one attached hydrogen (secondary N) is 1. The van der Waals surface area contributed by atoms with Gasteiger partial charge in [-0.25, -0.2) is 4.79 Å². The van der Waals surface area contributed by atoms with Crippen molar-refractivity contribution < 1.29 is 24.0 Å². The first-order valence-electron chi connectivity index (χ1n) is 8.39. The van der Waals surface area contributed by atoms with Gasteiger partial charge in [-0.1, -0.05) is 43.6 Å². The molecular weight excluding hydrogens is 388 g/mol. The number of nitrogens with zero attached hydrogens (tertiary/aromatic N) is 1. The molecule has 0 aliphatic heterocycles. The van der Waals surface area contributed by atoms with Crippen LogP contribution in [0.3, 0.4) is 0 Å². The van der Waals surface area contributed by atoms with Crippen molar-refractivity contribution in [3.63, 3.8) is 0 Å². The molecule has 0 unspecified atom stereocenters. The number of nitro groups is 1. The van der Waals surface area contributed by atoms with Crippen LogP contribution in [0, 0.1) is 10.1 Å². The fourth-order valence-corrected chi connectivity index (χ4v) is 2.53. The van der Waals surface area contributed by atoms with Crippen molar-refractivity contribution in [1.82, 2.24) is 0 Å². The number of halogens is 1. The third-order valence-corrected chi connectivity index (χ3v) is 3.92. The summed E-state index contributed by atoms with van der Waals surface area (Å²) in [5.74, 6) is -0.676. The van der Waals surface area contributed by atoms with E-state index in [2.05, 4.69) is 5.32 Å². The van der Waals surface area contributed by atoms with Crippen LogP contribution in [0.1, 0.15) is 25.3 Å². The number of para-hydroxylation sites is 1. The van der Waals surface area contributed by atoms with E-state index in [0.29, 0.717) is 5.75 Å². The van der Waals surface area contributed by atoms with Crippen molar-refractivity contribution >= 4 is 34.9 Å². The molecule has 0 aromatic heterocycles. The van der Waals surface area contributed by atoms with Crippen molar-refractivity contribution in [3.05, 3.63) is 63.2 Å². The summed E-state index contributed by atoms with van der Waals surface area (Å²) in [6.07, 6.45) is 0. The molecule has 148 valence electrons. The summed E-state index contributed by atoms with van der Waals surface area (Å²) in [7, 11) is 0. The second-order valence-electron chi connectivity index (χ2n) is 6.11. The quantitative estimate of drug-likeness (QED) is 0.404. The Balaban J connectivity index is 1.87. The number of rotatable bonds is 8. The number of benzene rings is 2. The Morgan fingerprint density at radius 1 is 1.18 bits per heavy atom. The molecule has 0 fully saturated rings. The Kier molecular flexibility index (Phi) is 7.34. The molecular formula is C19H19ClN2O6. The van der Waals surface area contributed by atoms with E-state index in [0.717, 1.165) is 11.6 Å². The number of hydrogen-bond donors (Lipinski definition) is 1. The molecule has 0 atom stereocenters. The van der Waals surface area contributed by atoms with Crippen LogP contribution in [0.25, 0.3) is 0 Å². The Labute approximate surface area is 166 Å². The zero-order valence-electron chi connectivity index (χ0n) is 15.3. The number of nitro benzene ring substituents is 1. The standard InChI is InChI=1S/C19H19ClN2O6/c1-12(2)14-5-3-4-6-17(14)27-11-19(24)28-10-18(23)21-15-8-7-13(20)9-16(15)22(25)26/h3-9,12H,10-11H2,1-2H3,(H,21,23). The summed E-state index contributed by atoms with van der Waals surface area (Å²) < 4.78 is 10.3. The van der Waals surface area contributed by atoms with Gasteiger partial charge in [0, 0.05) is 11.1 Å². The molecule has 0 aliphatic carbocycles. The van der Waals surface area contributed by atoms with E-state index in [1.165, 1.54) is 12.1 Å². The van der Waals surface area contributed by atoms with Gasteiger partial charge in [-0.15, -0.1) is 0 Å². The average Bonchev–Trinajstić information content (AvgIpc) is 2.66. The number of hydrogen-bond acceptors (Lipinski definition) is 6. The topological polar surface area (TPSA) is 108 Å². The monoisotopic (exact) mass is 406 g/mol. The second-order valence-corrected chi connectivity index (χ2v) is 6.55. The number of carbonyl (C=O) groups excluding carboxylic acids is 2. The maximum absolute atomic E-state index is 11.9. The third kappa shape index (κ3) is 5.95. The number of ether oxygens (including phenoxy) is 2. The first-order chi connectivity index (χ1) is 13.3. The minimum Gasteiger partial charge on any atom is -0.482 e. The van der Waals surface area contributed by atoms with Gasteiger partial charge in [0.05, 0.1) is 4.92 Å². The molecule has 9 heteroatoms. The van der Waals surface area contributed by atoms with Crippen LogP contribution in [0.15, 0.2) is 42.5 Å². The highest BCUT2D eigenvalue weighted by molar-refractivity contribution is 6.31. The molecule has 0 heterocycles. The second kappa shape index (κ2) is 9.70. The van der Waals surface area contributed by atoms with E-state index < -0.39 is 23.4 Å². The minimum absolute atomic E-state index is 0.0439. The molecule has 0 saturated heterocycles. The zero-order valence-corrected chi connectivity index (χ0v) is 16.1. The van der Waals surface area contributed by atoms with Crippen molar-refractivity contribution in [2.24, 2.45) is 0 Å². The molecule has 0 saturated carbocycles. The summed E-state index contributed by atoms with van der Waals surface area (Å²) >= 11 is 5.72. The molecule has 8 nitrogen and oxygen atoms in total. The largest absolute Gasteiger partial charge is 0.482 e. The van der Waals surface area contributed by atoms with Gasteiger partial charge in [-0.05, 0) is 29.7 Å². The fraction of sp³-hybridized carbons (Fsp3) is 0.263. The highest BCUT2D eigenvalue weighted by Crippen LogP contribution is 2.28. The van der Waals surface area contributed by atoms with Gasteiger partial charge in [0.2, 0.25) is 0 Å². The normalized spacial score (nSPS) is 10.4. The summed E-state index contributed by atoms with van der Waals surface area (Å²) in [6.45, 7) is 3.04. The lowest BCUT2D eigenvalue weighted by atomic mass is 10.0. The van der Waals surface area contributed by atoms with Crippen LogP contribution >= 0.6 is 11.6 Å². The van der Waals surface area contributed by atoms with Gasteiger partial charge in [-0.2, -0.15) is 0 Å². The first-order valence-corrected chi connectivity index (χ1v) is 8.77. The highest BCUT2D eigenvalue weighted by atomic mass is 35.5. The lowest BCUT2D eigenvalue weighted by molar-refractivity contribution is -0.383. The zero-order chi connectivity index (χ0) is 20.7. The summed E-state index contributed by atoms with van der Waals surface area (Å²) in [5.41, 5.74) is 0.543. The number of carbonyl (C=O) groups is 2. The van der Waals surface area contributed by atoms with Crippen LogP contribution in [0.5, 0.6) is 5.75 Å². The number of anilines is 1. The highest BCUT2D eigenvalue weighted by Gasteiger charge is 2.17. The van der Waals surface area contributed by atoms with Gasteiger partial charge >= 0.3 is 5.97 Å². The Bertz CT molecular complexity index is 884. The molecule has 2 aromatic carbocycles. The molecule has 0 aliphatic rings. The van der Waals surface area contributed by atoms with E-state index in [9.17, 15) is 19.7 Å². The van der Waals surface area contributed by atoms with Crippen LogP contribution in [0.2, 0.25) is 5.02 Å². The van der Waals surface area contributed by atoms with Crippen LogP contribution in [-0.2, 0) is 14.3 Å². The van der Waals surface area contributed by atoms with Gasteiger partial charge in [-0.3, -0.25) is 14.9 Å².